The third kappa shape index (κ3) is 7.10. The van der Waals surface area contributed by atoms with Crippen LogP contribution in [0.25, 0.3) is 10.9 Å². The molecule has 0 aliphatic heterocycles. The van der Waals surface area contributed by atoms with Crippen molar-refractivity contribution in [1.29, 1.82) is 0 Å². The highest BCUT2D eigenvalue weighted by Gasteiger charge is 2.29. The van der Waals surface area contributed by atoms with Gasteiger partial charge in [-0.1, -0.05) is 58.0 Å². The third-order valence-corrected chi connectivity index (χ3v) is 6.03. The summed E-state index contributed by atoms with van der Waals surface area (Å²) >= 11 is 0. The van der Waals surface area contributed by atoms with Crippen LogP contribution in [0.15, 0.2) is 54.7 Å². The molecule has 0 bridgehead atoms. The number of carbonyl (C=O) groups excluding carboxylic acids is 2. The quantitative estimate of drug-likeness (QED) is 0.401. The van der Waals surface area contributed by atoms with E-state index in [-0.39, 0.29) is 18.4 Å². The summed E-state index contributed by atoms with van der Waals surface area (Å²) in [5.74, 6) is 0.785. The van der Waals surface area contributed by atoms with E-state index in [1.165, 1.54) is 10.9 Å². The summed E-state index contributed by atoms with van der Waals surface area (Å²) in [6.45, 7) is 12.0. The van der Waals surface area contributed by atoms with Crippen molar-refractivity contribution in [3.05, 3.63) is 65.9 Å². The van der Waals surface area contributed by atoms with E-state index < -0.39 is 5.41 Å². The van der Waals surface area contributed by atoms with Gasteiger partial charge in [-0.05, 0) is 49.1 Å². The van der Waals surface area contributed by atoms with E-state index in [1.807, 2.05) is 82.1 Å². The summed E-state index contributed by atoms with van der Waals surface area (Å²) in [5, 5.41) is 1.18. The van der Waals surface area contributed by atoms with Gasteiger partial charge in [-0.2, -0.15) is 0 Å². The second-order valence-corrected chi connectivity index (χ2v) is 9.98. The average molecular weight is 478 g/mol. The Bertz CT molecular complexity index is 1110. The van der Waals surface area contributed by atoms with Crippen molar-refractivity contribution in [3.63, 3.8) is 0 Å². The third-order valence-electron chi connectivity index (χ3n) is 6.03. The molecule has 0 aliphatic carbocycles. The smallest absolute Gasteiger partial charge is 0.242 e. The van der Waals surface area contributed by atoms with Gasteiger partial charge in [0.25, 0.3) is 0 Å². The number of nitrogens with zero attached hydrogens (tertiary/aromatic N) is 2. The summed E-state index contributed by atoms with van der Waals surface area (Å²) in [7, 11) is 0. The van der Waals surface area contributed by atoms with Crippen molar-refractivity contribution in [1.82, 2.24) is 14.8 Å². The molecule has 0 saturated carbocycles. The Labute approximate surface area is 209 Å². The first kappa shape index (κ1) is 26.3. The highest BCUT2D eigenvalue weighted by molar-refractivity contribution is 5.87. The van der Waals surface area contributed by atoms with Gasteiger partial charge in [0.05, 0.1) is 13.2 Å². The molecule has 3 aromatic rings. The van der Waals surface area contributed by atoms with Crippen molar-refractivity contribution in [3.8, 4) is 5.75 Å². The Morgan fingerprint density at radius 1 is 0.943 bits per heavy atom. The lowest BCUT2D eigenvalue weighted by atomic mass is 9.94. The normalized spacial score (nSPS) is 11.5. The summed E-state index contributed by atoms with van der Waals surface area (Å²) in [6.07, 6.45) is 3.56. The summed E-state index contributed by atoms with van der Waals surface area (Å²) in [4.78, 5) is 33.5. The first-order valence-electron chi connectivity index (χ1n) is 12.6. The lowest BCUT2D eigenvalue weighted by Gasteiger charge is -2.31. The largest absolute Gasteiger partial charge is 0.494 e. The zero-order valence-electron chi connectivity index (χ0n) is 21.8. The van der Waals surface area contributed by atoms with Gasteiger partial charge in [-0.3, -0.25) is 9.59 Å². The lowest BCUT2D eigenvalue weighted by molar-refractivity contribution is -0.145. The highest BCUT2D eigenvalue weighted by Crippen LogP contribution is 2.21. The van der Waals surface area contributed by atoms with Gasteiger partial charge < -0.3 is 19.5 Å². The number of hydrogen-bond donors (Lipinski definition) is 1. The molecule has 188 valence electrons. The first-order chi connectivity index (χ1) is 16.7. The van der Waals surface area contributed by atoms with Crippen LogP contribution in [0.3, 0.4) is 0 Å². The van der Waals surface area contributed by atoms with E-state index in [0.717, 1.165) is 29.7 Å². The number of carbonyl (C=O) groups is 2. The zero-order chi connectivity index (χ0) is 25.4. The molecule has 1 aromatic heterocycles. The fourth-order valence-corrected chi connectivity index (χ4v) is 4.22. The number of ether oxygens (including phenoxy) is 1. The Balaban J connectivity index is 1.79. The fraction of sp³-hybridized carbons (Fsp3) is 0.448. The molecule has 1 heterocycles. The molecule has 2 amide bonds. The maximum atomic E-state index is 13.6. The number of benzene rings is 2. The number of aromatic amines is 1. The van der Waals surface area contributed by atoms with Crippen molar-refractivity contribution in [2.45, 2.75) is 54.0 Å². The van der Waals surface area contributed by atoms with Crippen LogP contribution in [0.5, 0.6) is 5.75 Å². The molecule has 0 atom stereocenters. The number of rotatable bonds is 11. The molecule has 0 aliphatic rings. The average Bonchev–Trinajstić information content (AvgIpc) is 3.24. The number of nitrogens with one attached hydrogen (secondary N) is 1. The van der Waals surface area contributed by atoms with E-state index in [1.54, 1.807) is 4.90 Å². The van der Waals surface area contributed by atoms with Crippen LogP contribution in [0, 0.1) is 5.41 Å². The topological polar surface area (TPSA) is 65.6 Å². The zero-order valence-corrected chi connectivity index (χ0v) is 21.8. The minimum absolute atomic E-state index is 0.00495. The van der Waals surface area contributed by atoms with Crippen LogP contribution >= 0.6 is 0 Å². The van der Waals surface area contributed by atoms with Crippen LogP contribution < -0.4 is 4.74 Å². The Hall–Kier alpha value is -3.28. The van der Waals surface area contributed by atoms with Gasteiger partial charge >= 0.3 is 0 Å². The van der Waals surface area contributed by atoms with Crippen LogP contribution in [-0.2, 0) is 22.6 Å². The molecule has 1 N–H and O–H groups in total. The Morgan fingerprint density at radius 2 is 1.66 bits per heavy atom. The van der Waals surface area contributed by atoms with E-state index >= 15 is 0 Å². The summed E-state index contributed by atoms with van der Waals surface area (Å²) in [5.41, 5.74) is 2.78. The van der Waals surface area contributed by atoms with Crippen LogP contribution in [0.4, 0.5) is 0 Å². The first-order valence-corrected chi connectivity index (χ1v) is 12.6. The molecule has 0 spiro atoms. The number of hydrogen-bond acceptors (Lipinski definition) is 3. The van der Waals surface area contributed by atoms with Crippen molar-refractivity contribution >= 4 is 22.7 Å². The molecule has 0 saturated heterocycles. The van der Waals surface area contributed by atoms with Crippen LogP contribution in [-0.4, -0.2) is 52.8 Å². The molecule has 6 heteroatoms. The van der Waals surface area contributed by atoms with Gasteiger partial charge in [-0.15, -0.1) is 0 Å². The van der Waals surface area contributed by atoms with E-state index in [2.05, 4.69) is 17.1 Å². The van der Waals surface area contributed by atoms with E-state index in [9.17, 15) is 9.59 Å². The molecule has 0 unspecified atom stereocenters. The minimum Gasteiger partial charge on any atom is -0.494 e. The predicted molar refractivity (Wildman–Crippen MR) is 141 cm³/mol. The molecular weight excluding hydrogens is 438 g/mol. The number of amides is 2. The minimum atomic E-state index is -0.528. The van der Waals surface area contributed by atoms with Gasteiger partial charge in [-0.25, -0.2) is 0 Å². The molecule has 2 aromatic carbocycles. The van der Waals surface area contributed by atoms with Crippen LogP contribution in [0.2, 0.25) is 0 Å². The molecule has 35 heavy (non-hydrogen) atoms. The van der Waals surface area contributed by atoms with Gasteiger partial charge in [0.15, 0.2) is 0 Å². The Kier molecular flexibility index (Phi) is 8.96. The number of para-hydroxylation sites is 1. The van der Waals surface area contributed by atoms with E-state index in [0.29, 0.717) is 26.2 Å². The van der Waals surface area contributed by atoms with Crippen molar-refractivity contribution in [2.24, 2.45) is 5.41 Å². The summed E-state index contributed by atoms with van der Waals surface area (Å²) < 4.78 is 5.56. The second-order valence-electron chi connectivity index (χ2n) is 9.98. The van der Waals surface area contributed by atoms with Gasteiger partial charge in [0, 0.05) is 42.1 Å². The Morgan fingerprint density at radius 3 is 2.31 bits per heavy atom. The monoisotopic (exact) mass is 477 g/mol. The number of fused-ring (bicyclic) bond motifs is 1. The van der Waals surface area contributed by atoms with E-state index in [4.69, 9.17) is 4.74 Å². The van der Waals surface area contributed by atoms with Crippen molar-refractivity contribution in [2.75, 3.05) is 26.2 Å². The van der Waals surface area contributed by atoms with Crippen molar-refractivity contribution < 1.29 is 14.3 Å². The highest BCUT2D eigenvalue weighted by atomic mass is 16.5. The van der Waals surface area contributed by atoms with Gasteiger partial charge in [0.2, 0.25) is 11.8 Å². The standard InChI is InChI=1S/C29H39N3O3/c1-6-17-32(28(34)29(3,4)5)21-27(33)31(20-22-12-14-24(15-13-22)35-7-2)18-16-23-19-30-26-11-9-8-10-25(23)26/h8-15,19,30H,6-7,16-18,20-21H2,1-5H3. The molecule has 3 rings (SSSR count). The molecular formula is C29H39N3O3. The number of aromatic nitrogens is 1. The lowest BCUT2D eigenvalue weighted by Crippen LogP contribution is -2.47. The maximum absolute atomic E-state index is 13.6. The molecule has 6 nitrogen and oxygen atoms in total. The second kappa shape index (κ2) is 11.9. The predicted octanol–water partition coefficient (Wildman–Crippen LogP) is 5.42. The molecule has 0 radical (unpaired) electrons. The SMILES string of the molecule is CCCN(CC(=O)N(CCc1c[nH]c2ccccc12)Cc1ccc(OCC)cc1)C(=O)C(C)(C)C. The van der Waals surface area contributed by atoms with Gasteiger partial charge in [0.1, 0.15) is 5.75 Å². The summed E-state index contributed by atoms with van der Waals surface area (Å²) in [6, 6.07) is 16.1. The van der Waals surface area contributed by atoms with Crippen LogP contribution in [0.1, 0.15) is 52.2 Å². The fourth-order valence-electron chi connectivity index (χ4n) is 4.22. The number of H-pyrrole nitrogens is 1. The molecule has 0 fully saturated rings. The maximum Gasteiger partial charge on any atom is 0.242 e.